The first-order chi connectivity index (χ1) is 13.8. The lowest BCUT2D eigenvalue weighted by Gasteiger charge is -2.33. The molecule has 0 radical (unpaired) electrons. The molecule has 0 saturated carbocycles. The predicted molar refractivity (Wildman–Crippen MR) is 115 cm³/mol. The second-order valence-electron chi connectivity index (χ2n) is 8.38. The smallest absolute Gasteiger partial charge is 0.229 e. The first-order valence-corrected chi connectivity index (χ1v) is 10.7. The number of aromatic amines is 1. The fourth-order valence-electron chi connectivity index (χ4n) is 4.71. The fourth-order valence-corrected chi connectivity index (χ4v) is 4.71. The average Bonchev–Trinajstić information content (AvgIpc) is 3.37. The number of hydrogen-bond donors (Lipinski definition) is 1. The Morgan fingerprint density at radius 1 is 0.964 bits per heavy atom. The van der Waals surface area contributed by atoms with Crippen molar-refractivity contribution in [2.45, 2.75) is 39.0 Å². The average molecular weight is 376 g/mol. The lowest BCUT2D eigenvalue weighted by atomic mass is 9.90. The molecule has 0 bridgehead atoms. The zero-order chi connectivity index (χ0) is 18.9. The minimum Gasteiger partial charge on any atom is -0.356 e. The van der Waals surface area contributed by atoms with Gasteiger partial charge in [0.2, 0.25) is 5.95 Å². The van der Waals surface area contributed by atoms with E-state index < -0.39 is 0 Å². The number of benzene rings is 1. The van der Waals surface area contributed by atoms with Crippen LogP contribution in [0.3, 0.4) is 0 Å². The summed E-state index contributed by atoms with van der Waals surface area (Å²) in [6.07, 6.45) is 6.12. The van der Waals surface area contributed by atoms with Crippen LogP contribution in [-0.2, 0) is 6.42 Å². The van der Waals surface area contributed by atoms with Gasteiger partial charge in [-0.2, -0.15) is 9.97 Å². The van der Waals surface area contributed by atoms with Crippen LogP contribution in [0.4, 0.5) is 11.8 Å². The van der Waals surface area contributed by atoms with E-state index in [0.29, 0.717) is 0 Å². The van der Waals surface area contributed by atoms with Crippen LogP contribution in [0, 0.1) is 12.8 Å². The molecule has 0 amide bonds. The van der Waals surface area contributed by atoms with Gasteiger partial charge in [-0.15, -0.1) is 0 Å². The number of piperidine rings is 1. The van der Waals surface area contributed by atoms with Gasteiger partial charge in [-0.3, -0.25) is 0 Å². The van der Waals surface area contributed by atoms with Crippen LogP contribution in [-0.4, -0.2) is 41.1 Å². The summed E-state index contributed by atoms with van der Waals surface area (Å²) >= 11 is 0. The summed E-state index contributed by atoms with van der Waals surface area (Å²) in [6, 6.07) is 13.1. The first kappa shape index (κ1) is 17.5. The van der Waals surface area contributed by atoms with Crippen LogP contribution in [0.25, 0.3) is 11.0 Å². The van der Waals surface area contributed by atoms with Gasteiger partial charge in [-0.05, 0) is 56.6 Å². The van der Waals surface area contributed by atoms with E-state index in [4.69, 9.17) is 9.97 Å². The molecule has 5 rings (SSSR count). The van der Waals surface area contributed by atoms with Crippen molar-refractivity contribution in [3.05, 3.63) is 47.7 Å². The molecule has 5 heteroatoms. The standard InChI is InChI=1S/C23H29N5/c1-17-15-20-21(24-17)25-23(28-11-5-6-12-28)26-22(20)27-13-9-19(10-14-27)16-18-7-3-2-4-8-18/h2-4,7-8,15,19H,5-6,9-14,16H2,1H3,(H,24,25,26). The van der Waals surface area contributed by atoms with Crippen molar-refractivity contribution >= 4 is 22.8 Å². The molecular weight excluding hydrogens is 346 g/mol. The zero-order valence-electron chi connectivity index (χ0n) is 16.7. The first-order valence-electron chi connectivity index (χ1n) is 10.7. The molecular formula is C23H29N5. The van der Waals surface area contributed by atoms with E-state index in [-0.39, 0.29) is 0 Å². The van der Waals surface area contributed by atoms with Gasteiger partial charge in [0.25, 0.3) is 0 Å². The van der Waals surface area contributed by atoms with Crippen LogP contribution in [0.15, 0.2) is 36.4 Å². The van der Waals surface area contributed by atoms with Crippen LogP contribution < -0.4 is 9.80 Å². The van der Waals surface area contributed by atoms with Crippen molar-refractivity contribution < 1.29 is 0 Å². The number of nitrogens with zero attached hydrogens (tertiary/aromatic N) is 4. The van der Waals surface area contributed by atoms with Gasteiger partial charge >= 0.3 is 0 Å². The Kier molecular flexibility index (Phi) is 4.67. The van der Waals surface area contributed by atoms with Crippen molar-refractivity contribution in [3.8, 4) is 0 Å². The number of rotatable bonds is 4. The molecule has 0 unspecified atom stereocenters. The van der Waals surface area contributed by atoms with Gasteiger partial charge in [-0.25, -0.2) is 0 Å². The lowest BCUT2D eigenvalue weighted by Crippen LogP contribution is -2.35. The molecule has 0 atom stereocenters. The van der Waals surface area contributed by atoms with Crippen molar-refractivity contribution in [2.24, 2.45) is 5.92 Å². The maximum absolute atomic E-state index is 5.05. The van der Waals surface area contributed by atoms with Gasteiger partial charge in [0.05, 0.1) is 5.39 Å². The normalized spacial score (nSPS) is 18.3. The number of fused-ring (bicyclic) bond motifs is 1. The third-order valence-corrected chi connectivity index (χ3v) is 6.26. The number of anilines is 2. The highest BCUT2D eigenvalue weighted by atomic mass is 15.3. The van der Waals surface area contributed by atoms with Gasteiger partial charge in [-0.1, -0.05) is 30.3 Å². The summed E-state index contributed by atoms with van der Waals surface area (Å²) in [4.78, 5) is 18.1. The molecule has 3 aromatic rings. The monoisotopic (exact) mass is 375 g/mol. The Balaban J connectivity index is 1.37. The van der Waals surface area contributed by atoms with Gasteiger partial charge in [0.1, 0.15) is 11.5 Å². The van der Waals surface area contributed by atoms with E-state index in [2.05, 4.69) is 58.1 Å². The maximum atomic E-state index is 5.05. The number of aromatic nitrogens is 3. The summed E-state index contributed by atoms with van der Waals surface area (Å²) in [5.41, 5.74) is 3.60. The predicted octanol–water partition coefficient (Wildman–Crippen LogP) is 4.33. The quantitative estimate of drug-likeness (QED) is 0.737. The highest BCUT2D eigenvalue weighted by Crippen LogP contribution is 2.32. The Morgan fingerprint density at radius 2 is 1.71 bits per heavy atom. The second kappa shape index (κ2) is 7.46. The molecule has 5 nitrogen and oxygen atoms in total. The van der Waals surface area contributed by atoms with Gasteiger partial charge in [0, 0.05) is 31.9 Å². The van der Waals surface area contributed by atoms with Crippen molar-refractivity contribution in [1.82, 2.24) is 15.0 Å². The van der Waals surface area contributed by atoms with Crippen molar-refractivity contribution in [2.75, 3.05) is 36.0 Å². The topological polar surface area (TPSA) is 48.1 Å². The molecule has 2 saturated heterocycles. The number of aryl methyl sites for hydroxylation is 1. The molecule has 2 aromatic heterocycles. The van der Waals surface area contributed by atoms with E-state index in [1.54, 1.807) is 0 Å². The largest absolute Gasteiger partial charge is 0.356 e. The molecule has 2 aliphatic heterocycles. The van der Waals surface area contributed by atoms with E-state index >= 15 is 0 Å². The highest BCUT2D eigenvalue weighted by Gasteiger charge is 2.25. The summed E-state index contributed by atoms with van der Waals surface area (Å²) in [6.45, 7) is 6.40. The fraction of sp³-hybridized carbons (Fsp3) is 0.478. The Hall–Kier alpha value is -2.56. The lowest BCUT2D eigenvalue weighted by molar-refractivity contribution is 0.402. The Labute approximate surface area is 166 Å². The summed E-state index contributed by atoms with van der Waals surface area (Å²) < 4.78 is 0. The van der Waals surface area contributed by atoms with Crippen LogP contribution >= 0.6 is 0 Å². The molecule has 4 heterocycles. The molecule has 2 fully saturated rings. The molecule has 1 N–H and O–H groups in total. The maximum Gasteiger partial charge on any atom is 0.229 e. The molecule has 28 heavy (non-hydrogen) atoms. The molecule has 0 spiro atoms. The van der Waals surface area contributed by atoms with E-state index in [1.165, 1.54) is 43.1 Å². The summed E-state index contributed by atoms with van der Waals surface area (Å²) in [5.74, 6) is 2.78. The Morgan fingerprint density at radius 3 is 2.46 bits per heavy atom. The van der Waals surface area contributed by atoms with Gasteiger partial charge in [0.15, 0.2) is 0 Å². The molecule has 146 valence electrons. The minimum atomic E-state index is 0.766. The van der Waals surface area contributed by atoms with E-state index in [0.717, 1.165) is 55.2 Å². The molecule has 0 aliphatic carbocycles. The van der Waals surface area contributed by atoms with E-state index in [1.807, 2.05) is 0 Å². The summed E-state index contributed by atoms with van der Waals surface area (Å²) in [7, 11) is 0. The zero-order valence-corrected chi connectivity index (χ0v) is 16.7. The second-order valence-corrected chi connectivity index (χ2v) is 8.38. The molecule has 2 aliphatic rings. The number of nitrogens with one attached hydrogen (secondary N) is 1. The van der Waals surface area contributed by atoms with Gasteiger partial charge < -0.3 is 14.8 Å². The SMILES string of the molecule is Cc1cc2c(N3CCC(Cc4ccccc4)CC3)nc(N3CCCC3)nc2[nH]1. The van der Waals surface area contributed by atoms with Crippen LogP contribution in [0.2, 0.25) is 0 Å². The third-order valence-electron chi connectivity index (χ3n) is 6.26. The van der Waals surface area contributed by atoms with Crippen LogP contribution in [0.5, 0.6) is 0 Å². The number of hydrogen-bond acceptors (Lipinski definition) is 4. The highest BCUT2D eigenvalue weighted by molar-refractivity contribution is 5.89. The minimum absolute atomic E-state index is 0.766. The van der Waals surface area contributed by atoms with Crippen LogP contribution in [0.1, 0.15) is 36.9 Å². The Bertz CT molecular complexity index is 934. The number of H-pyrrole nitrogens is 1. The summed E-state index contributed by atoms with van der Waals surface area (Å²) in [5, 5.41) is 1.17. The molecule has 1 aromatic carbocycles. The van der Waals surface area contributed by atoms with Crippen molar-refractivity contribution in [3.63, 3.8) is 0 Å². The van der Waals surface area contributed by atoms with Crippen molar-refractivity contribution in [1.29, 1.82) is 0 Å². The van der Waals surface area contributed by atoms with E-state index in [9.17, 15) is 0 Å². The third kappa shape index (κ3) is 3.46.